The van der Waals surface area contributed by atoms with E-state index < -0.39 is 0 Å². The number of anilines is 2. The number of benzene rings is 2. The Morgan fingerprint density at radius 3 is 2.36 bits per heavy atom. The summed E-state index contributed by atoms with van der Waals surface area (Å²) in [6.45, 7) is 6.91. The van der Waals surface area contributed by atoms with Crippen molar-refractivity contribution in [2.24, 2.45) is 0 Å². The lowest BCUT2D eigenvalue weighted by Crippen LogP contribution is -2.17. The lowest BCUT2D eigenvalue weighted by Gasteiger charge is -2.20. The van der Waals surface area contributed by atoms with E-state index in [1.54, 1.807) is 42.6 Å². The van der Waals surface area contributed by atoms with Crippen molar-refractivity contribution in [1.82, 2.24) is 4.98 Å². The number of carbonyl (C=O) groups excluding carboxylic acids is 2. The Kier molecular flexibility index (Phi) is 8.22. The number of amides is 2. The number of para-hydroxylation sites is 2. The number of nitrogens with one attached hydrogen (secondary N) is 2. The molecule has 0 bridgehead atoms. The van der Waals surface area contributed by atoms with Crippen molar-refractivity contribution in [2.75, 3.05) is 17.2 Å². The highest BCUT2D eigenvalue weighted by Gasteiger charge is 2.15. The van der Waals surface area contributed by atoms with Crippen LogP contribution in [0, 0.1) is 0 Å². The molecule has 0 aliphatic heterocycles. The predicted molar refractivity (Wildman–Crippen MR) is 135 cm³/mol. The van der Waals surface area contributed by atoms with Gasteiger partial charge in [0.2, 0.25) is 5.91 Å². The van der Waals surface area contributed by atoms with Crippen LogP contribution in [0.1, 0.15) is 49.5 Å². The Labute approximate surface area is 202 Å². The van der Waals surface area contributed by atoms with Gasteiger partial charge in [0.25, 0.3) is 5.91 Å². The number of pyridine rings is 1. The first-order chi connectivity index (χ1) is 15.7. The molecule has 0 spiro atoms. The number of carbonyl (C=O) groups is 2. The van der Waals surface area contributed by atoms with E-state index in [0.717, 1.165) is 10.2 Å². The number of halogens is 1. The summed E-state index contributed by atoms with van der Waals surface area (Å²) in [6.07, 6.45) is 3.95. The van der Waals surface area contributed by atoms with Crippen LogP contribution in [0.5, 0.6) is 5.75 Å². The number of rotatable bonds is 8. The van der Waals surface area contributed by atoms with Crippen molar-refractivity contribution in [3.8, 4) is 5.75 Å². The summed E-state index contributed by atoms with van der Waals surface area (Å²) in [5, 5.41) is 5.69. The lowest BCUT2D eigenvalue weighted by atomic mass is 9.87. The number of hydrogen-bond acceptors (Lipinski definition) is 4. The third-order valence-corrected chi connectivity index (χ3v) is 5.60. The van der Waals surface area contributed by atoms with Crippen molar-refractivity contribution in [3.63, 3.8) is 0 Å². The van der Waals surface area contributed by atoms with Crippen molar-refractivity contribution < 1.29 is 14.3 Å². The van der Waals surface area contributed by atoms with Crippen molar-refractivity contribution >= 4 is 39.1 Å². The van der Waals surface area contributed by atoms with Gasteiger partial charge in [-0.2, -0.15) is 0 Å². The standard InChI is InChI=1S/C26H28BrN3O3/c1-26(2,3)19-12-13-23(20(27)16-19)33-15-7-11-24(31)29-21-9-4-5-10-22(21)30-25(32)18-8-6-14-28-17-18/h4-6,8-10,12-14,16-17H,7,11,15H2,1-3H3,(H,29,31)(H,30,32). The number of aromatic nitrogens is 1. The molecular weight excluding hydrogens is 482 g/mol. The molecule has 0 saturated heterocycles. The monoisotopic (exact) mass is 509 g/mol. The molecule has 1 heterocycles. The van der Waals surface area contributed by atoms with Gasteiger partial charge >= 0.3 is 0 Å². The second-order valence-corrected chi connectivity index (χ2v) is 9.49. The predicted octanol–water partition coefficient (Wildman–Crippen LogP) is 6.19. The highest BCUT2D eigenvalue weighted by molar-refractivity contribution is 9.10. The maximum absolute atomic E-state index is 12.5. The fraction of sp³-hybridized carbons (Fsp3) is 0.269. The molecule has 3 rings (SSSR count). The van der Waals surface area contributed by atoms with E-state index in [2.05, 4.69) is 64.5 Å². The molecular formula is C26H28BrN3O3. The molecule has 0 aliphatic carbocycles. The fourth-order valence-electron chi connectivity index (χ4n) is 3.10. The highest BCUT2D eigenvalue weighted by atomic mass is 79.9. The quantitative estimate of drug-likeness (QED) is 0.354. The van der Waals surface area contributed by atoms with Crippen LogP contribution in [-0.2, 0) is 10.2 Å². The van der Waals surface area contributed by atoms with E-state index in [1.165, 1.54) is 11.8 Å². The fourth-order valence-corrected chi connectivity index (χ4v) is 3.60. The Hall–Kier alpha value is -3.19. The maximum Gasteiger partial charge on any atom is 0.257 e. The lowest BCUT2D eigenvalue weighted by molar-refractivity contribution is -0.116. The Balaban J connectivity index is 1.50. The van der Waals surface area contributed by atoms with Gasteiger partial charge in [0, 0.05) is 18.8 Å². The first-order valence-corrected chi connectivity index (χ1v) is 11.6. The van der Waals surface area contributed by atoms with E-state index in [-0.39, 0.29) is 17.2 Å². The van der Waals surface area contributed by atoms with E-state index in [1.807, 2.05) is 6.07 Å². The summed E-state index contributed by atoms with van der Waals surface area (Å²) in [4.78, 5) is 28.8. The zero-order valence-corrected chi connectivity index (χ0v) is 20.6. The highest BCUT2D eigenvalue weighted by Crippen LogP contribution is 2.31. The Bertz CT molecular complexity index is 1110. The van der Waals surface area contributed by atoms with Crippen LogP contribution in [0.2, 0.25) is 0 Å². The first-order valence-electron chi connectivity index (χ1n) is 10.8. The normalized spacial score (nSPS) is 11.0. The average Bonchev–Trinajstić information content (AvgIpc) is 2.78. The van der Waals surface area contributed by atoms with Crippen LogP contribution in [0.15, 0.2) is 71.5 Å². The smallest absolute Gasteiger partial charge is 0.257 e. The number of ether oxygens (including phenoxy) is 1. The SMILES string of the molecule is CC(C)(C)c1ccc(OCCCC(=O)Nc2ccccc2NC(=O)c2cccnc2)c(Br)c1. The van der Waals surface area contributed by atoms with Gasteiger partial charge in [0.15, 0.2) is 0 Å². The van der Waals surface area contributed by atoms with Crippen molar-refractivity contribution in [1.29, 1.82) is 0 Å². The van der Waals surface area contributed by atoms with Gasteiger partial charge in [0.05, 0.1) is 28.0 Å². The molecule has 172 valence electrons. The number of hydrogen-bond donors (Lipinski definition) is 2. The molecule has 2 amide bonds. The van der Waals surface area contributed by atoms with Gasteiger partial charge < -0.3 is 15.4 Å². The minimum atomic E-state index is -0.291. The summed E-state index contributed by atoms with van der Waals surface area (Å²) in [5.41, 5.74) is 2.79. The molecule has 2 aromatic carbocycles. The molecule has 0 fully saturated rings. The summed E-state index contributed by atoms with van der Waals surface area (Å²) >= 11 is 3.57. The molecule has 33 heavy (non-hydrogen) atoms. The van der Waals surface area contributed by atoms with Crippen molar-refractivity contribution in [2.45, 2.75) is 39.0 Å². The molecule has 3 aromatic rings. The van der Waals surface area contributed by atoms with E-state index >= 15 is 0 Å². The Morgan fingerprint density at radius 1 is 1.00 bits per heavy atom. The minimum Gasteiger partial charge on any atom is -0.492 e. The van der Waals surface area contributed by atoms with Crippen molar-refractivity contribution in [3.05, 3.63) is 82.6 Å². The third kappa shape index (κ3) is 7.15. The summed E-state index contributed by atoms with van der Waals surface area (Å²) < 4.78 is 6.74. The molecule has 7 heteroatoms. The largest absolute Gasteiger partial charge is 0.492 e. The summed E-state index contributed by atoms with van der Waals surface area (Å²) in [6, 6.07) is 16.5. The second kappa shape index (κ2) is 11.1. The summed E-state index contributed by atoms with van der Waals surface area (Å²) in [5.74, 6) is 0.317. The first kappa shape index (κ1) is 24.5. The van der Waals surface area contributed by atoms with Gasteiger partial charge in [-0.25, -0.2) is 0 Å². The molecule has 0 radical (unpaired) electrons. The second-order valence-electron chi connectivity index (χ2n) is 8.64. The minimum absolute atomic E-state index is 0.0624. The van der Waals surface area contributed by atoms with Crippen LogP contribution < -0.4 is 15.4 Å². The third-order valence-electron chi connectivity index (χ3n) is 4.98. The van der Waals surface area contributed by atoms with Crippen LogP contribution in [0.4, 0.5) is 11.4 Å². The molecule has 2 N–H and O–H groups in total. The Morgan fingerprint density at radius 2 is 1.73 bits per heavy atom. The molecule has 0 saturated carbocycles. The molecule has 0 atom stereocenters. The molecule has 6 nitrogen and oxygen atoms in total. The molecule has 0 aliphatic rings. The zero-order valence-electron chi connectivity index (χ0n) is 19.0. The molecule has 0 unspecified atom stereocenters. The van der Waals surface area contributed by atoms with Crippen LogP contribution in [-0.4, -0.2) is 23.4 Å². The molecule has 1 aromatic heterocycles. The number of nitrogens with zero attached hydrogens (tertiary/aromatic N) is 1. The van der Waals surface area contributed by atoms with E-state index in [0.29, 0.717) is 36.4 Å². The van der Waals surface area contributed by atoms with E-state index in [4.69, 9.17) is 4.74 Å². The van der Waals surface area contributed by atoms with Crippen LogP contribution in [0.25, 0.3) is 0 Å². The van der Waals surface area contributed by atoms with Crippen LogP contribution >= 0.6 is 15.9 Å². The average molecular weight is 510 g/mol. The van der Waals surface area contributed by atoms with Gasteiger partial charge in [0.1, 0.15) is 5.75 Å². The summed E-state index contributed by atoms with van der Waals surface area (Å²) in [7, 11) is 0. The van der Waals surface area contributed by atoms with Crippen LogP contribution in [0.3, 0.4) is 0 Å². The maximum atomic E-state index is 12.5. The van der Waals surface area contributed by atoms with Gasteiger partial charge in [-0.3, -0.25) is 14.6 Å². The topological polar surface area (TPSA) is 80.3 Å². The van der Waals surface area contributed by atoms with Gasteiger partial charge in [-0.1, -0.05) is 39.0 Å². The zero-order chi connectivity index (χ0) is 23.8. The van der Waals surface area contributed by atoms with E-state index in [9.17, 15) is 9.59 Å². The van der Waals surface area contributed by atoms with Gasteiger partial charge in [-0.05, 0) is 69.7 Å². The van der Waals surface area contributed by atoms with Gasteiger partial charge in [-0.15, -0.1) is 0 Å².